The molecule has 0 aliphatic heterocycles. The molecule has 0 bridgehead atoms. The molecule has 0 heterocycles. The third-order valence-electron chi connectivity index (χ3n) is 4.10. The van der Waals surface area contributed by atoms with Crippen LogP contribution in [-0.2, 0) is 26.1 Å². The van der Waals surface area contributed by atoms with Crippen LogP contribution in [0, 0.1) is 6.92 Å². The van der Waals surface area contributed by atoms with E-state index < -0.39 is 10.0 Å². The molecule has 2 rings (SSSR count). The van der Waals surface area contributed by atoms with Gasteiger partial charge in [-0.25, -0.2) is 8.42 Å². The molecule has 2 aromatic rings. The number of nitrogens with one attached hydrogen (secondary N) is 1. The van der Waals surface area contributed by atoms with Crippen LogP contribution in [0.1, 0.15) is 17.5 Å². The number of hydrogen-bond acceptors (Lipinski definition) is 4. The molecule has 152 valence electrons. The second kappa shape index (κ2) is 10.7. The lowest BCUT2D eigenvalue weighted by atomic mass is 10.1. The second-order valence-corrected chi connectivity index (χ2v) is 9.26. The molecule has 0 fully saturated rings. The number of ether oxygens (including phenoxy) is 1. The zero-order valence-electron chi connectivity index (χ0n) is 16.0. The highest BCUT2D eigenvalue weighted by molar-refractivity contribution is 9.10. The number of hydrogen-bond donors (Lipinski definition) is 1. The number of aryl methyl sites for hydroxylation is 1. The molecule has 0 radical (unpaired) electrons. The van der Waals surface area contributed by atoms with Gasteiger partial charge in [0, 0.05) is 31.3 Å². The molecule has 28 heavy (non-hydrogen) atoms. The van der Waals surface area contributed by atoms with Gasteiger partial charge in [-0.15, -0.1) is 0 Å². The summed E-state index contributed by atoms with van der Waals surface area (Å²) in [6.45, 7) is 2.80. The summed E-state index contributed by atoms with van der Waals surface area (Å²) in [7, 11) is -2.24. The molecule has 0 aliphatic rings. The van der Waals surface area contributed by atoms with Gasteiger partial charge in [0.15, 0.2) is 0 Å². The summed E-state index contributed by atoms with van der Waals surface area (Å²) < 4.78 is 33.2. The quantitative estimate of drug-likeness (QED) is 0.543. The Hall–Kier alpha value is -1.74. The normalized spacial score (nSPS) is 11.6. The van der Waals surface area contributed by atoms with Crippen molar-refractivity contribution in [2.24, 2.45) is 0 Å². The highest BCUT2D eigenvalue weighted by Gasteiger charge is 2.26. The lowest BCUT2D eigenvalue weighted by molar-refractivity contribution is -0.121. The van der Waals surface area contributed by atoms with E-state index in [1.807, 2.05) is 31.2 Å². The van der Waals surface area contributed by atoms with Crippen molar-refractivity contribution in [3.8, 4) is 0 Å². The van der Waals surface area contributed by atoms with Crippen molar-refractivity contribution >= 4 is 31.9 Å². The van der Waals surface area contributed by atoms with Crippen molar-refractivity contribution in [2.75, 3.05) is 26.8 Å². The Morgan fingerprint density at radius 2 is 1.75 bits per heavy atom. The highest BCUT2D eigenvalue weighted by Crippen LogP contribution is 2.21. The number of nitrogens with zero attached hydrogens (tertiary/aromatic N) is 1. The molecular formula is C20H25BrN2O4S. The molecule has 0 atom stereocenters. The zero-order chi connectivity index (χ0) is 20.6. The standard InChI is InChI=1S/C20H25BrN2O4S/c1-16-4-6-17(7-5-16)14-23(15-20(24)22-12-3-13-27-2)28(25,26)19-10-8-18(21)9-11-19/h4-11H,3,12-15H2,1-2H3,(H,22,24). The maximum atomic E-state index is 13.1. The van der Waals surface area contributed by atoms with Gasteiger partial charge in [0.2, 0.25) is 15.9 Å². The molecule has 1 N–H and O–H groups in total. The van der Waals surface area contributed by atoms with E-state index >= 15 is 0 Å². The second-order valence-electron chi connectivity index (χ2n) is 6.41. The zero-order valence-corrected chi connectivity index (χ0v) is 18.4. The van der Waals surface area contributed by atoms with Crippen molar-refractivity contribution < 1.29 is 17.9 Å². The third-order valence-corrected chi connectivity index (χ3v) is 6.43. The molecular weight excluding hydrogens is 444 g/mol. The lowest BCUT2D eigenvalue weighted by Gasteiger charge is -2.22. The van der Waals surface area contributed by atoms with E-state index in [2.05, 4.69) is 21.2 Å². The number of methoxy groups -OCH3 is 1. The summed E-state index contributed by atoms with van der Waals surface area (Å²) in [6.07, 6.45) is 0.666. The molecule has 2 aromatic carbocycles. The predicted octanol–water partition coefficient (Wildman–Crippen LogP) is 3.10. The van der Waals surface area contributed by atoms with Crippen molar-refractivity contribution in [1.29, 1.82) is 0 Å². The van der Waals surface area contributed by atoms with Crippen molar-refractivity contribution in [1.82, 2.24) is 9.62 Å². The summed E-state index contributed by atoms with van der Waals surface area (Å²) in [5, 5.41) is 2.74. The molecule has 0 unspecified atom stereocenters. The Balaban J connectivity index is 2.20. The van der Waals surface area contributed by atoms with Crippen LogP contribution in [0.4, 0.5) is 0 Å². The van der Waals surface area contributed by atoms with Gasteiger partial charge in [-0.1, -0.05) is 45.8 Å². The van der Waals surface area contributed by atoms with E-state index in [1.165, 1.54) is 16.4 Å². The minimum Gasteiger partial charge on any atom is -0.385 e. The molecule has 0 saturated heterocycles. The summed E-state index contributed by atoms with van der Waals surface area (Å²) in [4.78, 5) is 12.5. The Labute approximate surface area is 175 Å². The summed E-state index contributed by atoms with van der Waals surface area (Å²) in [5.41, 5.74) is 1.90. The first-order chi connectivity index (χ1) is 13.3. The summed E-state index contributed by atoms with van der Waals surface area (Å²) in [6, 6.07) is 14.0. The van der Waals surface area contributed by atoms with E-state index in [1.54, 1.807) is 19.2 Å². The average Bonchev–Trinajstić information content (AvgIpc) is 2.67. The average molecular weight is 469 g/mol. The van der Waals surface area contributed by atoms with Gasteiger partial charge in [-0.3, -0.25) is 4.79 Å². The number of carbonyl (C=O) groups excluding carboxylic acids is 1. The van der Waals surface area contributed by atoms with Crippen LogP contribution in [0.15, 0.2) is 57.9 Å². The number of halogens is 1. The van der Waals surface area contributed by atoms with Gasteiger partial charge in [0.1, 0.15) is 0 Å². The first kappa shape index (κ1) is 22.5. The number of benzene rings is 2. The van der Waals surface area contributed by atoms with Crippen LogP contribution >= 0.6 is 15.9 Å². The Morgan fingerprint density at radius 1 is 1.11 bits per heavy atom. The minimum absolute atomic E-state index is 0.115. The smallest absolute Gasteiger partial charge is 0.243 e. The Kier molecular flexibility index (Phi) is 8.62. The number of rotatable bonds is 10. The van der Waals surface area contributed by atoms with Gasteiger partial charge in [-0.05, 0) is 43.2 Å². The van der Waals surface area contributed by atoms with Crippen molar-refractivity contribution in [3.05, 3.63) is 64.1 Å². The topological polar surface area (TPSA) is 75.7 Å². The van der Waals surface area contributed by atoms with Crippen LogP contribution < -0.4 is 5.32 Å². The van der Waals surface area contributed by atoms with E-state index in [0.717, 1.165) is 15.6 Å². The van der Waals surface area contributed by atoms with E-state index in [4.69, 9.17) is 4.74 Å². The first-order valence-electron chi connectivity index (χ1n) is 8.90. The molecule has 1 amide bonds. The van der Waals surface area contributed by atoms with Gasteiger partial charge >= 0.3 is 0 Å². The van der Waals surface area contributed by atoms with Crippen LogP contribution in [0.5, 0.6) is 0 Å². The molecule has 6 nitrogen and oxygen atoms in total. The fourth-order valence-corrected chi connectivity index (χ4v) is 4.19. The van der Waals surface area contributed by atoms with E-state index in [0.29, 0.717) is 19.6 Å². The van der Waals surface area contributed by atoms with Crippen molar-refractivity contribution in [3.63, 3.8) is 0 Å². The van der Waals surface area contributed by atoms with Gasteiger partial charge in [-0.2, -0.15) is 4.31 Å². The first-order valence-corrected chi connectivity index (χ1v) is 11.1. The molecule has 0 aromatic heterocycles. The number of carbonyl (C=O) groups is 1. The third kappa shape index (κ3) is 6.70. The fourth-order valence-electron chi connectivity index (χ4n) is 2.54. The number of sulfonamides is 1. The minimum atomic E-state index is -3.83. The maximum Gasteiger partial charge on any atom is 0.243 e. The Bertz CT molecular complexity index is 868. The summed E-state index contributed by atoms with van der Waals surface area (Å²) in [5.74, 6) is -0.344. The fraction of sp³-hybridized carbons (Fsp3) is 0.350. The predicted molar refractivity (Wildman–Crippen MR) is 112 cm³/mol. The molecule has 8 heteroatoms. The van der Waals surface area contributed by atoms with Gasteiger partial charge < -0.3 is 10.1 Å². The number of amides is 1. The lowest BCUT2D eigenvalue weighted by Crippen LogP contribution is -2.40. The van der Waals surface area contributed by atoms with Crippen LogP contribution in [0.25, 0.3) is 0 Å². The largest absolute Gasteiger partial charge is 0.385 e. The SMILES string of the molecule is COCCCNC(=O)CN(Cc1ccc(C)cc1)S(=O)(=O)c1ccc(Br)cc1. The van der Waals surface area contributed by atoms with Crippen LogP contribution in [-0.4, -0.2) is 45.4 Å². The van der Waals surface area contributed by atoms with Crippen LogP contribution in [0.2, 0.25) is 0 Å². The Morgan fingerprint density at radius 3 is 2.36 bits per heavy atom. The van der Waals surface area contributed by atoms with E-state index in [9.17, 15) is 13.2 Å². The molecule has 0 spiro atoms. The van der Waals surface area contributed by atoms with Crippen LogP contribution in [0.3, 0.4) is 0 Å². The van der Waals surface area contributed by atoms with Gasteiger partial charge in [0.25, 0.3) is 0 Å². The van der Waals surface area contributed by atoms with Crippen molar-refractivity contribution in [2.45, 2.75) is 24.8 Å². The monoisotopic (exact) mass is 468 g/mol. The van der Waals surface area contributed by atoms with E-state index in [-0.39, 0.29) is 23.9 Å². The maximum absolute atomic E-state index is 13.1. The molecule has 0 saturated carbocycles. The highest BCUT2D eigenvalue weighted by atomic mass is 79.9. The van der Waals surface area contributed by atoms with Gasteiger partial charge in [0.05, 0.1) is 11.4 Å². The molecule has 0 aliphatic carbocycles. The summed E-state index contributed by atoms with van der Waals surface area (Å²) >= 11 is 3.31.